The topological polar surface area (TPSA) is 56.8 Å². The normalized spacial score (nSPS) is 18.4. The van der Waals surface area contributed by atoms with E-state index in [1.807, 2.05) is 24.3 Å². The van der Waals surface area contributed by atoms with Crippen molar-refractivity contribution in [2.24, 2.45) is 5.41 Å². The molecule has 36 heavy (non-hydrogen) atoms. The number of piperidine rings is 1. The van der Waals surface area contributed by atoms with E-state index in [2.05, 4.69) is 67.1 Å². The van der Waals surface area contributed by atoms with Crippen LogP contribution in [-0.4, -0.2) is 39.0 Å². The zero-order valence-electron chi connectivity index (χ0n) is 20.0. The molecule has 1 aliphatic rings. The van der Waals surface area contributed by atoms with Crippen molar-refractivity contribution in [2.75, 3.05) is 18.4 Å². The van der Waals surface area contributed by atoms with Crippen LogP contribution in [0.25, 0.3) is 22.2 Å². The van der Waals surface area contributed by atoms with Crippen molar-refractivity contribution in [2.45, 2.75) is 39.0 Å². The van der Waals surface area contributed by atoms with Gasteiger partial charge in [-0.15, -0.1) is 0 Å². The van der Waals surface area contributed by atoms with Gasteiger partial charge in [-0.3, -0.25) is 4.90 Å². The molecule has 0 spiro atoms. The van der Waals surface area contributed by atoms with Crippen molar-refractivity contribution in [3.8, 4) is 11.3 Å². The monoisotopic (exact) mass is 557 g/mol. The maximum absolute atomic E-state index is 13.9. The van der Waals surface area contributed by atoms with Gasteiger partial charge in [-0.1, -0.05) is 66.2 Å². The average molecular weight is 558 g/mol. The van der Waals surface area contributed by atoms with E-state index < -0.39 is 11.7 Å². The lowest BCUT2D eigenvalue weighted by Gasteiger charge is -2.42. The maximum Gasteiger partial charge on any atom is 0.419 e. The quantitative estimate of drug-likeness (QED) is 0.274. The van der Waals surface area contributed by atoms with Crippen LogP contribution >= 0.6 is 15.9 Å². The first kappa shape index (κ1) is 24.8. The smallest absolute Gasteiger partial charge is 0.360 e. The average Bonchev–Trinajstić information content (AvgIpc) is 3.21. The van der Waals surface area contributed by atoms with Crippen molar-refractivity contribution in [1.29, 1.82) is 0 Å². The highest BCUT2D eigenvalue weighted by Gasteiger charge is 2.37. The maximum atomic E-state index is 13.9. The van der Waals surface area contributed by atoms with Crippen molar-refractivity contribution < 1.29 is 13.2 Å². The minimum Gasteiger partial charge on any atom is -0.360 e. The molecule has 4 aromatic rings. The summed E-state index contributed by atoms with van der Waals surface area (Å²) < 4.78 is 42.6. The van der Waals surface area contributed by atoms with Crippen LogP contribution in [0.5, 0.6) is 0 Å². The summed E-state index contributed by atoms with van der Waals surface area (Å²) in [6, 6.07) is 15.7. The van der Waals surface area contributed by atoms with Crippen molar-refractivity contribution >= 4 is 32.8 Å². The highest BCUT2D eigenvalue weighted by molar-refractivity contribution is 9.10. The molecule has 188 valence electrons. The van der Waals surface area contributed by atoms with Gasteiger partial charge in [-0.2, -0.15) is 13.2 Å². The molecule has 2 N–H and O–H groups in total. The molecule has 5 rings (SSSR count). The van der Waals surface area contributed by atoms with Crippen LogP contribution in [0.4, 0.5) is 19.1 Å². The largest absolute Gasteiger partial charge is 0.419 e. The Morgan fingerprint density at radius 2 is 1.94 bits per heavy atom. The summed E-state index contributed by atoms with van der Waals surface area (Å²) in [7, 11) is 0. The van der Waals surface area contributed by atoms with E-state index in [0.717, 1.165) is 42.2 Å². The molecule has 1 saturated heterocycles. The van der Waals surface area contributed by atoms with E-state index in [0.29, 0.717) is 10.9 Å². The number of nitrogens with zero attached hydrogens (tertiary/aromatic N) is 3. The number of nitrogens with one attached hydrogen (secondary N) is 2. The molecule has 0 aliphatic carbocycles. The molecule has 1 fully saturated rings. The Labute approximate surface area is 216 Å². The lowest BCUT2D eigenvalue weighted by Crippen LogP contribution is -2.49. The van der Waals surface area contributed by atoms with Crippen LogP contribution in [-0.2, 0) is 12.7 Å². The van der Waals surface area contributed by atoms with E-state index >= 15 is 0 Å². The Kier molecular flexibility index (Phi) is 6.55. The number of alkyl halides is 3. The number of hydrogen-bond donors (Lipinski definition) is 2. The van der Waals surface area contributed by atoms with Gasteiger partial charge in [0.15, 0.2) is 0 Å². The number of aromatic amines is 1. The minimum absolute atomic E-state index is 0.000901. The molecule has 0 unspecified atom stereocenters. The van der Waals surface area contributed by atoms with Crippen molar-refractivity contribution in [3.05, 3.63) is 76.5 Å². The lowest BCUT2D eigenvalue weighted by molar-refractivity contribution is -0.137. The van der Waals surface area contributed by atoms with Gasteiger partial charge in [0.25, 0.3) is 0 Å². The molecule has 1 atom stereocenters. The number of H-pyrrole nitrogens is 1. The van der Waals surface area contributed by atoms with E-state index in [1.54, 1.807) is 18.3 Å². The summed E-state index contributed by atoms with van der Waals surface area (Å²) in [6.45, 7) is 6.92. The first-order valence-electron chi connectivity index (χ1n) is 11.8. The molecule has 0 saturated carbocycles. The van der Waals surface area contributed by atoms with Crippen LogP contribution in [0.3, 0.4) is 0 Å². The lowest BCUT2D eigenvalue weighted by atomic mass is 9.81. The van der Waals surface area contributed by atoms with E-state index in [-0.39, 0.29) is 23.1 Å². The molecule has 0 amide bonds. The minimum atomic E-state index is -4.58. The predicted molar refractivity (Wildman–Crippen MR) is 140 cm³/mol. The van der Waals surface area contributed by atoms with Gasteiger partial charge in [0.05, 0.1) is 5.69 Å². The fraction of sp³-hybridized carbons (Fsp3) is 0.333. The Hall–Kier alpha value is -2.91. The number of fused-ring (bicyclic) bond motifs is 1. The van der Waals surface area contributed by atoms with Crippen LogP contribution in [0.15, 0.2) is 65.4 Å². The Balaban J connectivity index is 1.45. The van der Waals surface area contributed by atoms with Crippen LogP contribution in [0.1, 0.15) is 31.4 Å². The first-order valence-corrected chi connectivity index (χ1v) is 12.6. The second-order valence-electron chi connectivity index (χ2n) is 10.2. The first-order chi connectivity index (χ1) is 17.1. The van der Waals surface area contributed by atoms with Gasteiger partial charge in [0, 0.05) is 59.0 Å². The predicted octanol–water partition coefficient (Wildman–Crippen LogP) is 7.12. The molecule has 1 aliphatic heterocycles. The van der Waals surface area contributed by atoms with E-state index in [4.69, 9.17) is 0 Å². The highest BCUT2D eigenvalue weighted by atomic mass is 79.9. The Bertz CT molecular complexity index is 1370. The molecule has 0 radical (unpaired) electrons. The molecule has 3 heterocycles. The molecular formula is C27H27BrF3N5. The van der Waals surface area contributed by atoms with Gasteiger partial charge in [-0.25, -0.2) is 9.97 Å². The number of benzene rings is 2. The van der Waals surface area contributed by atoms with Crippen LogP contribution in [0, 0.1) is 5.41 Å². The third kappa shape index (κ3) is 5.42. The number of likely N-dealkylation sites (tertiary alicyclic amines) is 1. The second kappa shape index (κ2) is 9.52. The van der Waals surface area contributed by atoms with Gasteiger partial charge in [0.1, 0.15) is 5.56 Å². The van der Waals surface area contributed by atoms with Gasteiger partial charge >= 0.3 is 6.18 Å². The number of aromatic nitrogens is 3. The number of halogens is 4. The Morgan fingerprint density at radius 1 is 1.17 bits per heavy atom. The zero-order chi connectivity index (χ0) is 25.5. The summed E-state index contributed by atoms with van der Waals surface area (Å²) in [4.78, 5) is 13.9. The highest BCUT2D eigenvalue weighted by Crippen LogP contribution is 2.39. The summed E-state index contributed by atoms with van der Waals surface area (Å²) >= 11 is 3.41. The van der Waals surface area contributed by atoms with Gasteiger partial charge in [0.2, 0.25) is 5.95 Å². The van der Waals surface area contributed by atoms with E-state index in [9.17, 15) is 13.2 Å². The molecule has 2 aromatic carbocycles. The van der Waals surface area contributed by atoms with E-state index in [1.165, 1.54) is 5.56 Å². The summed E-state index contributed by atoms with van der Waals surface area (Å²) in [5.74, 6) is 0.201. The third-order valence-electron chi connectivity index (χ3n) is 6.50. The van der Waals surface area contributed by atoms with Crippen molar-refractivity contribution in [3.63, 3.8) is 0 Å². The van der Waals surface area contributed by atoms with Gasteiger partial charge < -0.3 is 10.3 Å². The van der Waals surface area contributed by atoms with Crippen LogP contribution < -0.4 is 5.32 Å². The van der Waals surface area contributed by atoms with Gasteiger partial charge in [-0.05, 0) is 29.5 Å². The Morgan fingerprint density at radius 3 is 2.69 bits per heavy atom. The molecule has 5 nitrogen and oxygen atoms in total. The SMILES string of the molecule is CC1(C)C[C@H](Nc2ncc(C(F)(F)F)c(-c3c[nH]c4cc(Br)ccc34)n2)CN(Cc2ccccc2)C1. The standard InChI is InChI=1S/C27H27BrF3N5/c1-26(2)11-19(15-36(16-26)14-17-6-4-3-5-7-17)34-25-33-13-22(27(29,30)31)24(35-25)21-12-32-23-10-18(28)8-9-20(21)23/h3-10,12-13,19,32H,11,14-16H2,1-2H3,(H,33,34,35)/t19-/m0/s1. The van der Waals surface area contributed by atoms with Crippen LogP contribution in [0.2, 0.25) is 0 Å². The fourth-order valence-corrected chi connectivity index (χ4v) is 5.54. The molecule has 2 aromatic heterocycles. The molecular weight excluding hydrogens is 531 g/mol. The number of hydrogen-bond acceptors (Lipinski definition) is 4. The second-order valence-corrected chi connectivity index (χ2v) is 11.1. The summed E-state index contributed by atoms with van der Waals surface area (Å²) in [6.07, 6.45) is -1.26. The number of rotatable bonds is 5. The van der Waals surface area contributed by atoms with Crippen molar-refractivity contribution in [1.82, 2.24) is 19.9 Å². The summed E-state index contributed by atoms with van der Waals surface area (Å²) in [5.41, 5.74) is 1.39. The summed E-state index contributed by atoms with van der Waals surface area (Å²) in [5, 5.41) is 4.01. The third-order valence-corrected chi connectivity index (χ3v) is 7.00. The number of anilines is 1. The fourth-order valence-electron chi connectivity index (χ4n) is 5.18. The molecule has 9 heteroatoms. The zero-order valence-corrected chi connectivity index (χ0v) is 21.6. The molecule has 0 bridgehead atoms.